The number of benzene rings is 2. The van der Waals surface area contributed by atoms with Gasteiger partial charge < -0.3 is 28.7 Å². The zero-order valence-corrected chi connectivity index (χ0v) is 34.6. The van der Waals surface area contributed by atoms with Crippen molar-refractivity contribution < 1.29 is 19.1 Å². The molecule has 16 heteroatoms. The van der Waals surface area contributed by atoms with Gasteiger partial charge >= 0.3 is 0 Å². The zero-order valence-electron chi connectivity index (χ0n) is 34.6. The number of rotatable bonds is 11. The van der Waals surface area contributed by atoms with Crippen molar-refractivity contribution in [2.24, 2.45) is 29.8 Å². The lowest BCUT2D eigenvalue weighted by atomic mass is 10.1. The monoisotopic (exact) mass is 788 g/mol. The van der Waals surface area contributed by atoms with Crippen molar-refractivity contribution in [1.82, 2.24) is 42.7 Å². The van der Waals surface area contributed by atoms with Crippen LogP contribution in [-0.2, 0) is 51.6 Å². The lowest BCUT2D eigenvalue weighted by Gasteiger charge is -2.26. The molecule has 16 nitrogen and oxygen atoms in total. The number of fused-ring (bicyclic) bond motifs is 2. The first kappa shape index (κ1) is 40.1. The Hall–Kier alpha value is -6.13. The van der Waals surface area contributed by atoms with Crippen molar-refractivity contribution in [3.8, 4) is 0 Å². The fraction of sp³-hybridized carbons (Fsp3) is 0.405. The minimum absolute atomic E-state index is 0.351. The van der Waals surface area contributed by atoms with Gasteiger partial charge in [0.15, 0.2) is 0 Å². The number of amides is 3. The van der Waals surface area contributed by atoms with Gasteiger partial charge in [0.05, 0.1) is 46.7 Å². The lowest BCUT2D eigenvalue weighted by molar-refractivity contribution is 0.0343. The quantitative estimate of drug-likeness (QED) is 0.195. The van der Waals surface area contributed by atoms with E-state index in [2.05, 4.69) is 56.7 Å². The molecule has 304 valence electrons. The van der Waals surface area contributed by atoms with Crippen LogP contribution in [0.3, 0.4) is 0 Å². The molecule has 5 heterocycles. The molecule has 2 N–H and O–H groups in total. The average Bonchev–Trinajstić information content (AvgIpc) is 3.93. The molecule has 0 radical (unpaired) electrons. The van der Waals surface area contributed by atoms with Crippen molar-refractivity contribution in [1.29, 1.82) is 0 Å². The van der Waals surface area contributed by atoms with E-state index in [-0.39, 0.29) is 5.91 Å². The number of primary amides is 1. The predicted octanol–water partition coefficient (Wildman–Crippen LogP) is 3.77. The van der Waals surface area contributed by atoms with E-state index in [1.54, 1.807) is 33.6 Å². The van der Waals surface area contributed by atoms with Crippen molar-refractivity contribution in [3.05, 3.63) is 105 Å². The highest BCUT2D eigenvalue weighted by Gasteiger charge is 2.21. The molecular formula is C42H52N12O4. The third-order valence-corrected chi connectivity index (χ3v) is 11.0. The largest absolute Gasteiger partial charge is 0.379 e. The van der Waals surface area contributed by atoms with E-state index in [4.69, 9.17) is 15.5 Å². The Morgan fingerprint density at radius 1 is 0.741 bits per heavy atom. The number of para-hydroxylation sites is 1. The van der Waals surface area contributed by atoms with Crippen LogP contribution in [0.4, 0.5) is 0 Å². The lowest BCUT2D eigenvalue weighted by Crippen LogP contribution is -2.35. The summed E-state index contributed by atoms with van der Waals surface area (Å²) in [5.41, 5.74) is 15.9. The number of imidazole rings is 2. The van der Waals surface area contributed by atoms with E-state index in [9.17, 15) is 14.4 Å². The molecule has 1 aliphatic rings. The van der Waals surface area contributed by atoms with E-state index in [1.807, 2.05) is 61.6 Å². The van der Waals surface area contributed by atoms with E-state index in [0.717, 1.165) is 64.3 Å². The highest BCUT2D eigenvalue weighted by molar-refractivity contribution is 5.97. The van der Waals surface area contributed by atoms with E-state index < -0.39 is 11.8 Å². The first-order chi connectivity index (χ1) is 27.8. The summed E-state index contributed by atoms with van der Waals surface area (Å²) in [5, 5.41) is 8.95. The van der Waals surface area contributed by atoms with Gasteiger partial charge in [-0.15, -0.1) is 0 Å². The van der Waals surface area contributed by atoms with Crippen LogP contribution in [0.15, 0.2) is 69.7 Å². The molecule has 0 atom stereocenters. The number of carbonyl (C=O) groups excluding carboxylic acids is 3. The third-order valence-electron chi connectivity index (χ3n) is 11.0. The van der Waals surface area contributed by atoms with Crippen LogP contribution in [-0.4, -0.2) is 86.8 Å². The van der Waals surface area contributed by atoms with Gasteiger partial charge in [0.2, 0.25) is 17.1 Å². The number of hydrogen-bond acceptors (Lipinski definition) is 7. The van der Waals surface area contributed by atoms with Gasteiger partial charge in [0.25, 0.3) is 11.8 Å². The van der Waals surface area contributed by atoms with Gasteiger partial charge in [-0.25, -0.2) is 0 Å². The molecule has 3 amide bonds. The summed E-state index contributed by atoms with van der Waals surface area (Å²) in [6.45, 7) is 17.4. The van der Waals surface area contributed by atoms with Crippen LogP contribution < -0.4 is 17.0 Å². The molecule has 7 rings (SSSR count). The standard InChI is InChI=1S/C42H52N12O4/c1-9-53-35(20-28(5)46-53)39(56)44-41-48(7)34-22-30(38(43)55)14-15-32(34)51(41)23-26(3)27(4)24-52-33-13-11-12-31(25-50-16-18-58-19-17-50)37(33)49(8)42(52)45-40(57)36-21-29(6)47-54(36)10-2/h11-15,20-22H,9-10,16-19,23-25H2,1-8H3,(H2,43,55)/b27-26+,44-41?,45-42?. The van der Waals surface area contributed by atoms with Gasteiger partial charge in [-0.05, 0) is 83.5 Å². The van der Waals surface area contributed by atoms with E-state index >= 15 is 0 Å². The van der Waals surface area contributed by atoms with Crippen LogP contribution in [0.2, 0.25) is 0 Å². The third kappa shape index (κ3) is 7.64. The van der Waals surface area contributed by atoms with Gasteiger partial charge in [-0.2, -0.15) is 20.2 Å². The topological polar surface area (TPSA) is 170 Å². The first-order valence-electron chi connectivity index (χ1n) is 19.7. The van der Waals surface area contributed by atoms with Crippen LogP contribution in [0.25, 0.3) is 22.1 Å². The van der Waals surface area contributed by atoms with Gasteiger partial charge in [-0.1, -0.05) is 23.3 Å². The number of morpholine rings is 1. The Balaban J connectivity index is 1.36. The number of aromatic nitrogens is 8. The molecule has 0 spiro atoms. The van der Waals surface area contributed by atoms with Crippen LogP contribution in [0.1, 0.15) is 76.0 Å². The second-order valence-electron chi connectivity index (χ2n) is 15.0. The number of carbonyl (C=O) groups is 3. The normalized spacial score (nSPS) is 14.9. The predicted molar refractivity (Wildman–Crippen MR) is 220 cm³/mol. The maximum Gasteiger partial charge on any atom is 0.298 e. The molecule has 4 aromatic heterocycles. The minimum atomic E-state index is -0.548. The molecule has 0 bridgehead atoms. The fourth-order valence-electron chi connectivity index (χ4n) is 7.81. The first-order valence-corrected chi connectivity index (χ1v) is 19.7. The maximum absolute atomic E-state index is 13.9. The Morgan fingerprint density at radius 2 is 1.29 bits per heavy atom. The smallest absolute Gasteiger partial charge is 0.298 e. The van der Waals surface area contributed by atoms with Gasteiger partial charge in [-0.3, -0.25) is 28.6 Å². The summed E-state index contributed by atoms with van der Waals surface area (Å²) < 4.78 is 16.9. The molecule has 6 aromatic rings. The van der Waals surface area contributed by atoms with Crippen molar-refractivity contribution in [2.45, 2.75) is 74.3 Å². The molecule has 2 aromatic carbocycles. The molecule has 58 heavy (non-hydrogen) atoms. The van der Waals surface area contributed by atoms with Crippen molar-refractivity contribution in [2.75, 3.05) is 26.3 Å². The van der Waals surface area contributed by atoms with Crippen molar-refractivity contribution >= 4 is 39.8 Å². The number of ether oxygens (including phenoxy) is 1. The highest BCUT2D eigenvalue weighted by atomic mass is 16.5. The SMILES string of the molecule is CCn1nc(C)cc1C(=O)N=c1n(C)c2cc(C(N)=O)ccc2n1C/C(C)=C(\C)Cn1c(=NC(=O)c2cc(C)nn2CC)n(C)c2c(CN3CCOCC3)cccc21. The number of allylic oxidation sites excluding steroid dienone is 2. The summed E-state index contributed by atoms with van der Waals surface area (Å²) in [6.07, 6.45) is 0. The second kappa shape index (κ2) is 16.4. The van der Waals surface area contributed by atoms with Crippen LogP contribution in [0, 0.1) is 13.8 Å². The number of nitrogens with two attached hydrogens (primary N) is 1. The summed E-state index contributed by atoms with van der Waals surface area (Å²) in [5.74, 6) is -1.34. The Morgan fingerprint density at radius 3 is 1.84 bits per heavy atom. The summed E-state index contributed by atoms with van der Waals surface area (Å²) in [4.78, 5) is 51.8. The van der Waals surface area contributed by atoms with E-state index in [1.165, 1.54) is 0 Å². The fourth-order valence-corrected chi connectivity index (χ4v) is 7.81. The Labute approximate surface area is 336 Å². The van der Waals surface area contributed by atoms with Gasteiger partial charge in [0.1, 0.15) is 11.4 Å². The summed E-state index contributed by atoms with van der Waals surface area (Å²) >= 11 is 0. The molecule has 1 aliphatic heterocycles. The second-order valence-corrected chi connectivity index (χ2v) is 15.0. The number of aryl methyl sites for hydroxylation is 6. The van der Waals surface area contributed by atoms with Crippen LogP contribution >= 0.6 is 0 Å². The molecule has 1 saturated heterocycles. The number of hydrogen-bond donors (Lipinski definition) is 1. The number of nitrogens with zero attached hydrogens (tertiary/aromatic N) is 11. The molecule has 0 saturated carbocycles. The Kier molecular flexibility index (Phi) is 11.3. The van der Waals surface area contributed by atoms with Gasteiger partial charge in [0, 0.05) is 65.5 Å². The molecule has 0 unspecified atom stereocenters. The van der Waals surface area contributed by atoms with E-state index in [0.29, 0.717) is 73.1 Å². The summed E-state index contributed by atoms with van der Waals surface area (Å²) in [6, 6.07) is 15.0. The molecular weight excluding hydrogens is 737 g/mol. The molecule has 1 fully saturated rings. The average molecular weight is 789 g/mol. The van der Waals surface area contributed by atoms with Crippen LogP contribution in [0.5, 0.6) is 0 Å². The highest BCUT2D eigenvalue weighted by Crippen LogP contribution is 2.23. The maximum atomic E-state index is 13.9. The Bertz CT molecular complexity index is 2760. The zero-order chi connectivity index (χ0) is 41.4. The minimum Gasteiger partial charge on any atom is -0.379 e. The molecule has 0 aliphatic carbocycles. The summed E-state index contributed by atoms with van der Waals surface area (Å²) in [7, 11) is 3.78. The van der Waals surface area contributed by atoms with Crippen molar-refractivity contribution in [3.63, 3.8) is 0 Å².